The Morgan fingerprint density at radius 3 is 2.33 bits per heavy atom. The molecule has 3 heterocycles. The fourth-order valence-corrected chi connectivity index (χ4v) is 8.94. The van der Waals surface area contributed by atoms with Crippen molar-refractivity contribution in [2.45, 2.75) is 69.7 Å². The average molecular weight is 909 g/mol. The second-order valence-corrected chi connectivity index (χ2v) is 18.1. The first-order chi connectivity index (χ1) is 30.7. The van der Waals surface area contributed by atoms with Gasteiger partial charge in [-0.25, -0.2) is 4.98 Å². The number of benzene rings is 4. The van der Waals surface area contributed by atoms with Crippen molar-refractivity contribution in [1.82, 2.24) is 34.9 Å². The van der Waals surface area contributed by atoms with Crippen LogP contribution in [0.1, 0.15) is 48.7 Å². The predicted octanol–water partition coefficient (Wildman–Crippen LogP) is 6.42. The number of carbonyl (C=O) groups is 4. The zero-order chi connectivity index (χ0) is 45.5. The molecule has 4 amide bonds. The molecule has 1 aromatic heterocycles. The Morgan fingerprint density at radius 2 is 1.62 bits per heavy atom. The van der Waals surface area contributed by atoms with Gasteiger partial charge in [0.15, 0.2) is 0 Å². The van der Waals surface area contributed by atoms with Gasteiger partial charge in [0.2, 0.25) is 23.6 Å². The largest absolute Gasteiger partial charge is 0.457 e. The number of imidazole rings is 1. The molecule has 4 atom stereocenters. The van der Waals surface area contributed by atoms with Crippen LogP contribution in [0.15, 0.2) is 103 Å². The van der Waals surface area contributed by atoms with Crippen molar-refractivity contribution in [2.24, 2.45) is 13.0 Å². The molecule has 4 aromatic carbocycles. The number of piperidine rings is 1. The number of aliphatic hydroxyl groups excluding tert-OH is 1. The second-order valence-electron chi connectivity index (χ2n) is 17.2. The van der Waals surface area contributed by atoms with Gasteiger partial charge in [-0.15, -0.1) is 0 Å². The Morgan fingerprint density at radius 1 is 0.906 bits per heavy atom. The Balaban J connectivity index is 1.20. The standard InChI is InChI=1S/C49H55Cl2N7O6/c1-32-46(61)53-41(30-59)47(62)54-49(26-34-11-16-38(50)17-12-34)21-8-22-57(31-49)48(63)37(23-33-9-6-5-7-10-33)24-45(60)58(32)28-36-13-18-39(51)25-43(36)64-40-19-14-35(15-20-40)42-27-52-44(56(42)4)29-55(2)3/h5-7,9-20,25,27,32,37,41,59H,8,21-24,26,28-31H2,1-4H3,(H,53,61)(H,54,62). The number of carbonyl (C=O) groups excluding carboxylic acids is 4. The fourth-order valence-electron chi connectivity index (χ4n) is 8.66. The maximum atomic E-state index is 14.9. The van der Waals surface area contributed by atoms with E-state index in [1.165, 1.54) is 4.90 Å². The van der Waals surface area contributed by atoms with E-state index in [1.54, 1.807) is 42.2 Å². The maximum absolute atomic E-state index is 14.9. The molecule has 0 saturated carbocycles. The van der Waals surface area contributed by atoms with Gasteiger partial charge < -0.3 is 39.7 Å². The number of aromatic nitrogens is 2. The summed E-state index contributed by atoms with van der Waals surface area (Å²) in [5.74, 6) is -0.905. The molecule has 2 fully saturated rings. The molecule has 0 radical (unpaired) electrons. The van der Waals surface area contributed by atoms with Gasteiger partial charge >= 0.3 is 0 Å². The smallest absolute Gasteiger partial charge is 0.245 e. The topological polar surface area (TPSA) is 149 Å². The van der Waals surface area contributed by atoms with Gasteiger partial charge in [-0.1, -0.05) is 71.7 Å². The molecule has 336 valence electrons. The molecule has 15 heteroatoms. The van der Waals surface area contributed by atoms with Gasteiger partial charge in [-0.3, -0.25) is 19.2 Å². The van der Waals surface area contributed by atoms with Crippen LogP contribution in [0.25, 0.3) is 11.3 Å². The second kappa shape index (κ2) is 20.4. The summed E-state index contributed by atoms with van der Waals surface area (Å²) in [4.78, 5) is 67.9. The van der Waals surface area contributed by atoms with E-state index in [9.17, 15) is 24.3 Å². The zero-order valence-corrected chi connectivity index (χ0v) is 38.1. The summed E-state index contributed by atoms with van der Waals surface area (Å²) in [6.07, 6.45) is 3.41. The molecular weight excluding hydrogens is 853 g/mol. The molecule has 4 unspecified atom stereocenters. The molecule has 5 aromatic rings. The number of aliphatic hydroxyl groups is 1. The SMILES string of the molecule is CC1C(=O)NC(CO)C(=O)NC2(Cc3ccc(Cl)cc3)CCCN(C2)C(=O)C(Cc2ccccc2)CC(=O)N1Cc1ccc(Cl)cc1Oc1ccc(-c2cnc(CN(C)C)n2C)cc1. The number of ether oxygens (including phenoxy) is 1. The van der Waals surface area contributed by atoms with E-state index in [-0.39, 0.29) is 31.8 Å². The molecule has 3 N–H and O–H groups in total. The van der Waals surface area contributed by atoms with Gasteiger partial charge in [-0.05, 0) is 106 Å². The van der Waals surface area contributed by atoms with Crippen LogP contribution in [0.2, 0.25) is 10.0 Å². The first kappa shape index (κ1) is 46.3. The van der Waals surface area contributed by atoms with Crippen LogP contribution in [-0.2, 0) is 52.2 Å². The molecular formula is C49H55Cl2N7O6. The number of nitrogens with one attached hydrogen (secondary N) is 2. The van der Waals surface area contributed by atoms with E-state index in [0.29, 0.717) is 59.5 Å². The highest BCUT2D eigenvalue weighted by Gasteiger charge is 2.43. The first-order valence-electron chi connectivity index (χ1n) is 21.5. The lowest BCUT2D eigenvalue weighted by molar-refractivity contribution is -0.147. The third-order valence-electron chi connectivity index (χ3n) is 12.1. The number of amides is 4. The third kappa shape index (κ3) is 11.1. The fraction of sp³-hybridized carbons (Fsp3) is 0.367. The molecule has 2 bridgehead atoms. The van der Waals surface area contributed by atoms with Gasteiger partial charge in [0.1, 0.15) is 29.4 Å². The summed E-state index contributed by atoms with van der Waals surface area (Å²) >= 11 is 12.7. The van der Waals surface area contributed by atoms with E-state index in [4.69, 9.17) is 27.9 Å². The van der Waals surface area contributed by atoms with Crippen LogP contribution in [0.4, 0.5) is 0 Å². The Hall–Kier alpha value is -5.73. The molecule has 13 nitrogen and oxygen atoms in total. The highest BCUT2D eigenvalue weighted by atomic mass is 35.5. The lowest BCUT2D eigenvalue weighted by Crippen LogP contribution is -2.65. The summed E-state index contributed by atoms with van der Waals surface area (Å²) in [5.41, 5.74) is 3.29. The number of nitrogens with zero attached hydrogens (tertiary/aromatic N) is 5. The first-order valence-corrected chi connectivity index (χ1v) is 22.3. The minimum atomic E-state index is -1.34. The maximum Gasteiger partial charge on any atom is 0.245 e. The normalized spacial score (nSPS) is 21.1. The monoisotopic (exact) mass is 907 g/mol. The lowest BCUT2D eigenvalue weighted by Gasteiger charge is -2.45. The van der Waals surface area contributed by atoms with Crippen molar-refractivity contribution >= 4 is 46.8 Å². The van der Waals surface area contributed by atoms with Crippen molar-refractivity contribution in [3.05, 3.63) is 136 Å². The average Bonchev–Trinajstić information content (AvgIpc) is 3.63. The van der Waals surface area contributed by atoms with Crippen molar-refractivity contribution in [3.8, 4) is 22.8 Å². The Bertz CT molecular complexity index is 2450. The summed E-state index contributed by atoms with van der Waals surface area (Å²) < 4.78 is 8.49. The van der Waals surface area contributed by atoms with E-state index in [0.717, 1.165) is 28.2 Å². The molecule has 0 aliphatic carbocycles. The molecule has 64 heavy (non-hydrogen) atoms. The molecule has 2 aliphatic heterocycles. The van der Waals surface area contributed by atoms with E-state index < -0.39 is 47.9 Å². The van der Waals surface area contributed by atoms with Gasteiger partial charge in [-0.2, -0.15) is 0 Å². The number of rotatable bonds is 12. The van der Waals surface area contributed by atoms with Crippen molar-refractivity contribution in [1.29, 1.82) is 0 Å². The van der Waals surface area contributed by atoms with Crippen LogP contribution >= 0.6 is 23.2 Å². The summed E-state index contributed by atoms with van der Waals surface area (Å²) in [5, 5.41) is 17.4. The summed E-state index contributed by atoms with van der Waals surface area (Å²) in [6, 6.07) is 27.0. The van der Waals surface area contributed by atoms with Crippen molar-refractivity contribution in [2.75, 3.05) is 33.8 Å². The van der Waals surface area contributed by atoms with Crippen LogP contribution < -0.4 is 15.4 Å². The minimum absolute atomic E-state index is 0.0994. The lowest BCUT2D eigenvalue weighted by atomic mass is 9.81. The summed E-state index contributed by atoms with van der Waals surface area (Å²) in [7, 11) is 5.97. The summed E-state index contributed by atoms with van der Waals surface area (Å²) in [6.45, 7) is 2.07. The van der Waals surface area contributed by atoms with Crippen LogP contribution in [-0.4, -0.2) is 104 Å². The van der Waals surface area contributed by atoms with Crippen molar-refractivity contribution < 1.29 is 29.0 Å². The number of halogens is 2. The predicted molar refractivity (Wildman–Crippen MR) is 247 cm³/mol. The van der Waals surface area contributed by atoms with E-state index in [2.05, 4.69) is 25.1 Å². The minimum Gasteiger partial charge on any atom is -0.457 e. The molecule has 7 rings (SSSR count). The van der Waals surface area contributed by atoms with Crippen LogP contribution in [0.3, 0.4) is 0 Å². The number of fused-ring (bicyclic) bond motifs is 2. The van der Waals surface area contributed by atoms with Crippen molar-refractivity contribution in [3.63, 3.8) is 0 Å². The molecule has 2 aliphatic rings. The zero-order valence-electron chi connectivity index (χ0n) is 36.6. The quantitative estimate of drug-likeness (QED) is 0.130. The van der Waals surface area contributed by atoms with E-state index in [1.807, 2.05) is 94.1 Å². The number of hydrogen-bond donors (Lipinski definition) is 3. The highest BCUT2D eigenvalue weighted by Crippen LogP contribution is 2.34. The van der Waals surface area contributed by atoms with Gasteiger partial charge in [0.25, 0.3) is 0 Å². The van der Waals surface area contributed by atoms with Gasteiger partial charge in [0, 0.05) is 47.7 Å². The van der Waals surface area contributed by atoms with Crippen LogP contribution in [0, 0.1) is 5.92 Å². The van der Waals surface area contributed by atoms with E-state index >= 15 is 0 Å². The highest BCUT2D eigenvalue weighted by molar-refractivity contribution is 6.31. The Labute approximate surface area is 384 Å². The van der Waals surface area contributed by atoms with Gasteiger partial charge in [0.05, 0.1) is 43.0 Å². The van der Waals surface area contributed by atoms with Crippen LogP contribution in [0.5, 0.6) is 11.5 Å². The molecule has 2 saturated heterocycles. The number of hydrogen-bond acceptors (Lipinski definition) is 8. The Kier molecular flexibility index (Phi) is 14.8. The third-order valence-corrected chi connectivity index (χ3v) is 12.6. The molecule has 0 spiro atoms.